The highest BCUT2D eigenvalue weighted by molar-refractivity contribution is 4.96. The molecule has 96 valence electrons. The second kappa shape index (κ2) is 6.17. The Bertz CT molecular complexity index is 309. The molecule has 0 aliphatic heterocycles. The van der Waals surface area contributed by atoms with Crippen LogP contribution in [0.3, 0.4) is 0 Å². The SMILES string of the molecule is CCN(Cc1cnc[nH]1)C1CCCCC1CN. The van der Waals surface area contributed by atoms with Crippen molar-refractivity contribution in [2.45, 2.75) is 45.2 Å². The quantitative estimate of drug-likeness (QED) is 0.819. The highest BCUT2D eigenvalue weighted by atomic mass is 15.2. The van der Waals surface area contributed by atoms with E-state index in [-0.39, 0.29) is 0 Å². The average Bonchev–Trinajstić information content (AvgIpc) is 2.89. The van der Waals surface area contributed by atoms with Crippen molar-refractivity contribution in [2.75, 3.05) is 13.1 Å². The van der Waals surface area contributed by atoms with Crippen LogP contribution in [0.2, 0.25) is 0 Å². The summed E-state index contributed by atoms with van der Waals surface area (Å²) in [4.78, 5) is 9.82. The van der Waals surface area contributed by atoms with Crippen molar-refractivity contribution in [1.29, 1.82) is 0 Å². The fourth-order valence-electron chi connectivity index (χ4n) is 3.00. The maximum absolute atomic E-state index is 5.91. The molecule has 1 saturated carbocycles. The normalized spacial score (nSPS) is 25.4. The molecule has 1 aromatic heterocycles. The first kappa shape index (κ1) is 12.6. The van der Waals surface area contributed by atoms with Crippen LogP contribution in [0.5, 0.6) is 0 Å². The van der Waals surface area contributed by atoms with Crippen molar-refractivity contribution in [3.05, 3.63) is 18.2 Å². The monoisotopic (exact) mass is 236 g/mol. The molecule has 4 nitrogen and oxygen atoms in total. The zero-order chi connectivity index (χ0) is 12.1. The number of nitrogens with zero attached hydrogens (tertiary/aromatic N) is 2. The van der Waals surface area contributed by atoms with Gasteiger partial charge in [0.25, 0.3) is 0 Å². The number of imidazole rings is 1. The summed E-state index contributed by atoms with van der Waals surface area (Å²) in [7, 11) is 0. The zero-order valence-corrected chi connectivity index (χ0v) is 10.7. The Morgan fingerprint density at radius 3 is 2.94 bits per heavy atom. The molecular weight excluding hydrogens is 212 g/mol. The molecule has 1 heterocycles. The second-order valence-electron chi connectivity index (χ2n) is 4.99. The molecule has 2 unspecified atom stereocenters. The number of H-pyrrole nitrogens is 1. The van der Waals surface area contributed by atoms with Gasteiger partial charge in [-0.1, -0.05) is 19.8 Å². The predicted molar refractivity (Wildman–Crippen MR) is 69.5 cm³/mol. The van der Waals surface area contributed by atoms with Crippen LogP contribution in [0.4, 0.5) is 0 Å². The van der Waals surface area contributed by atoms with E-state index in [1.54, 1.807) is 6.33 Å². The molecule has 2 atom stereocenters. The number of nitrogens with two attached hydrogens (primary N) is 1. The van der Waals surface area contributed by atoms with Crippen molar-refractivity contribution in [2.24, 2.45) is 11.7 Å². The van der Waals surface area contributed by atoms with Gasteiger partial charge in [0.15, 0.2) is 0 Å². The van der Waals surface area contributed by atoms with Gasteiger partial charge < -0.3 is 10.7 Å². The first-order chi connectivity index (χ1) is 8.35. The average molecular weight is 236 g/mol. The van der Waals surface area contributed by atoms with E-state index in [0.717, 1.165) is 19.6 Å². The van der Waals surface area contributed by atoms with Gasteiger partial charge in [-0.15, -0.1) is 0 Å². The summed E-state index contributed by atoms with van der Waals surface area (Å²) in [6.45, 7) is 5.11. The summed E-state index contributed by atoms with van der Waals surface area (Å²) in [6, 6.07) is 0.655. The third kappa shape index (κ3) is 3.07. The third-order valence-electron chi connectivity index (χ3n) is 3.98. The summed E-state index contributed by atoms with van der Waals surface area (Å²) in [5, 5.41) is 0. The van der Waals surface area contributed by atoms with E-state index in [2.05, 4.69) is 21.8 Å². The maximum atomic E-state index is 5.91. The summed E-state index contributed by atoms with van der Waals surface area (Å²) in [5.74, 6) is 0.673. The Morgan fingerprint density at radius 1 is 1.47 bits per heavy atom. The van der Waals surface area contributed by atoms with Gasteiger partial charge in [0, 0.05) is 24.5 Å². The van der Waals surface area contributed by atoms with Gasteiger partial charge in [0.2, 0.25) is 0 Å². The number of nitrogens with one attached hydrogen (secondary N) is 1. The van der Waals surface area contributed by atoms with Crippen LogP contribution in [-0.2, 0) is 6.54 Å². The van der Waals surface area contributed by atoms with E-state index < -0.39 is 0 Å². The first-order valence-corrected chi connectivity index (χ1v) is 6.76. The molecule has 1 aliphatic rings. The lowest BCUT2D eigenvalue weighted by Crippen LogP contribution is -2.44. The van der Waals surface area contributed by atoms with Crippen molar-refractivity contribution in [1.82, 2.24) is 14.9 Å². The number of aromatic amines is 1. The molecular formula is C13H24N4. The molecule has 0 saturated heterocycles. The van der Waals surface area contributed by atoms with Crippen LogP contribution in [0.25, 0.3) is 0 Å². The maximum Gasteiger partial charge on any atom is 0.0922 e. The molecule has 0 aromatic carbocycles. The predicted octanol–water partition coefficient (Wildman–Crippen LogP) is 1.75. The molecule has 17 heavy (non-hydrogen) atoms. The van der Waals surface area contributed by atoms with E-state index in [1.807, 2.05) is 6.20 Å². The molecule has 3 N–H and O–H groups in total. The van der Waals surface area contributed by atoms with Crippen molar-refractivity contribution in [3.63, 3.8) is 0 Å². The molecule has 1 fully saturated rings. The molecule has 0 spiro atoms. The van der Waals surface area contributed by atoms with Gasteiger partial charge in [-0.05, 0) is 31.8 Å². The molecule has 1 aromatic rings. The molecule has 0 radical (unpaired) electrons. The van der Waals surface area contributed by atoms with Gasteiger partial charge in [-0.2, -0.15) is 0 Å². The van der Waals surface area contributed by atoms with Gasteiger partial charge in [-0.25, -0.2) is 4.98 Å². The van der Waals surface area contributed by atoms with E-state index >= 15 is 0 Å². The first-order valence-electron chi connectivity index (χ1n) is 6.76. The van der Waals surface area contributed by atoms with Crippen LogP contribution < -0.4 is 5.73 Å². The van der Waals surface area contributed by atoms with Crippen molar-refractivity contribution < 1.29 is 0 Å². The van der Waals surface area contributed by atoms with E-state index in [1.165, 1.54) is 31.4 Å². The van der Waals surface area contributed by atoms with Gasteiger partial charge in [0.1, 0.15) is 0 Å². The fourth-order valence-corrected chi connectivity index (χ4v) is 3.00. The smallest absolute Gasteiger partial charge is 0.0922 e. The van der Waals surface area contributed by atoms with E-state index in [0.29, 0.717) is 12.0 Å². The number of hydrogen-bond donors (Lipinski definition) is 2. The third-order valence-corrected chi connectivity index (χ3v) is 3.98. The minimum absolute atomic E-state index is 0.655. The van der Waals surface area contributed by atoms with Crippen LogP contribution in [0.1, 0.15) is 38.3 Å². The van der Waals surface area contributed by atoms with Crippen molar-refractivity contribution in [3.8, 4) is 0 Å². The number of aromatic nitrogens is 2. The number of rotatable bonds is 5. The van der Waals surface area contributed by atoms with Crippen molar-refractivity contribution >= 4 is 0 Å². The Balaban J connectivity index is 2.00. The highest BCUT2D eigenvalue weighted by Crippen LogP contribution is 2.28. The van der Waals surface area contributed by atoms with E-state index in [4.69, 9.17) is 5.73 Å². The van der Waals surface area contributed by atoms with Crippen LogP contribution in [0, 0.1) is 5.92 Å². The Hall–Kier alpha value is -0.870. The second-order valence-corrected chi connectivity index (χ2v) is 4.99. The summed E-state index contributed by atoms with van der Waals surface area (Å²) < 4.78 is 0. The van der Waals surface area contributed by atoms with Gasteiger partial charge >= 0.3 is 0 Å². The zero-order valence-electron chi connectivity index (χ0n) is 10.7. The Labute approximate surface area is 104 Å². The fraction of sp³-hybridized carbons (Fsp3) is 0.769. The molecule has 0 amide bonds. The Morgan fingerprint density at radius 2 is 2.29 bits per heavy atom. The van der Waals surface area contributed by atoms with Crippen LogP contribution in [-0.4, -0.2) is 34.0 Å². The minimum atomic E-state index is 0.655. The van der Waals surface area contributed by atoms with E-state index in [9.17, 15) is 0 Å². The highest BCUT2D eigenvalue weighted by Gasteiger charge is 2.28. The lowest BCUT2D eigenvalue weighted by Gasteiger charge is -2.39. The Kier molecular flexibility index (Phi) is 4.57. The topological polar surface area (TPSA) is 57.9 Å². The largest absolute Gasteiger partial charge is 0.347 e. The molecule has 1 aliphatic carbocycles. The van der Waals surface area contributed by atoms with Gasteiger partial charge in [0.05, 0.1) is 6.33 Å². The summed E-state index contributed by atoms with van der Waals surface area (Å²) in [5.41, 5.74) is 7.11. The van der Waals surface area contributed by atoms with Crippen LogP contribution >= 0.6 is 0 Å². The van der Waals surface area contributed by atoms with Crippen LogP contribution in [0.15, 0.2) is 12.5 Å². The summed E-state index contributed by atoms with van der Waals surface area (Å²) >= 11 is 0. The molecule has 0 bridgehead atoms. The summed E-state index contributed by atoms with van der Waals surface area (Å²) in [6.07, 6.45) is 8.96. The minimum Gasteiger partial charge on any atom is -0.347 e. The lowest BCUT2D eigenvalue weighted by molar-refractivity contribution is 0.104. The van der Waals surface area contributed by atoms with Gasteiger partial charge in [-0.3, -0.25) is 4.90 Å². The molecule has 4 heteroatoms. The standard InChI is InChI=1S/C13H24N4/c1-2-17(9-12-8-15-10-16-12)13-6-4-3-5-11(13)7-14/h8,10-11,13H,2-7,9,14H2,1H3,(H,15,16). The lowest BCUT2D eigenvalue weighted by atomic mass is 9.83. The molecule has 2 rings (SSSR count). The number of hydrogen-bond acceptors (Lipinski definition) is 3.